The van der Waals surface area contributed by atoms with Gasteiger partial charge in [0.05, 0.1) is 36.0 Å². The molecule has 0 atom stereocenters. The minimum absolute atomic E-state index is 0.115. The fourth-order valence-corrected chi connectivity index (χ4v) is 5.16. The Labute approximate surface area is 235 Å². The molecule has 1 aliphatic rings. The topological polar surface area (TPSA) is 87.2 Å². The molecule has 1 saturated heterocycles. The third-order valence-corrected chi connectivity index (χ3v) is 7.69. The highest BCUT2D eigenvalue weighted by molar-refractivity contribution is 7.09. The van der Waals surface area contributed by atoms with Crippen LogP contribution in [0.4, 0.5) is 16.2 Å². The van der Waals surface area contributed by atoms with E-state index in [1.807, 2.05) is 29.2 Å². The summed E-state index contributed by atoms with van der Waals surface area (Å²) < 4.78 is 10.7. The van der Waals surface area contributed by atoms with Crippen molar-refractivity contribution in [3.05, 3.63) is 68.6 Å². The number of ether oxygens (including phenoxy) is 2. The highest BCUT2D eigenvalue weighted by atomic mass is 35.5. The second-order valence-electron chi connectivity index (χ2n) is 8.55. The number of halogens is 2. The summed E-state index contributed by atoms with van der Waals surface area (Å²) in [5.74, 6) is 0.702. The molecule has 202 valence electrons. The molecule has 12 heteroatoms. The number of methoxy groups -OCH3 is 2. The van der Waals surface area contributed by atoms with Gasteiger partial charge in [-0.25, -0.2) is 9.78 Å². The van der Waals surface area contributed by atoms with E-state index in [9.17, 15) is 9.59 Å². The fourth-order valence-electron chi connectivity index (χ4n) is 4.08. The third kappa shape index (κ3) is 6.87. The van der Waals surface area contributed by atoms with E-state index in [1.54, 1.807) is 42.7 Å². The van der Waals surface area contributed by atoms with Crippen molar-refractivity contribution >= 4 is 57.9 Å². The van der Waals surface area contributed by atoms with Crippen LogP contribution in [-0.2, 0) is 11.3 Å². The number of carbonyl (C=O) groups excluding carboxylic acids is 2. The van der Waals surface area contributed by atoms with Crippen molar-refractivity contribution in [2.75, 3.05) is 63.8 Å². The van der Waals surface area contributed by atoms with Crippen LogP contribution in [0.15, 0.2) is 47.8 Å². The molecule has 0 unspecified atom stereocenters. The van der Waals surface area contributed by atoms with Crippen LogP contribution in [-0.4, -0.2) is 80.3 Å². The predicted molar refractivity (Wildman–Crippen MR) is 151 cm³/mol. The molecule has 3 aromatic rings. The number of benzene rings is 2. The van der Waals surface area contributed by atoms with Crippen molar-refractivity contribution in [2.24, 2.45) is 0 Å². The predicted octanol–water partition coefficient (Wildman–Crippen LogP) is 5.10. The first kappa shape index (κ1) is 28.0. The average molecular weight is 579 g/mol. The Hall–Kier alpha value is -3.05. The van der Waals surface area contributed by atoms with Crippen LogP contribution < -0.4 is 15.0 Å². The molecule has 4 rings (SSSR count). The lowest BCUT2D eigenvalue weighted by Crippen LogP contribution is -2.49. The van der Waals surface area contributed by atoms with Crippen molar-refractivity contribution < 1.29 is 19.1 Å². The van der Waals surface area contributed by atoms with Crippen LogP contribution in [0.1, 0.15) is 15.5 Å². The van der Waals surface area contributed by atoms with Gasteiger partial charge in [0.1, 0.15) is 16.5 Å². The van der Waals surface area contributed by atoms with Gasteiger partial charge in [0.2, 0.25) is 0 Å². The number of nitrogens with one attached hydrogen (secondary N) is 1. The number of nitrogens with zero attached hydrogens (tertiary/aromatic N) is 4. The van der Waals surface area contributed by atoms with Crippen molar-refractivity contribution in [2.45, 2.75) is 6.54 Å². The normalized spacial score (nSPS) is 13.4. The highest BCUT2D eigenvalue weighted by Gasteiger charge is 2.26. The van der Waals surface area contributed by atoms with Crippen LogP contribution in [0, 0.1) is 0 Å². The smallest absolute Gasteiger partial charge is 0.322 e. The minimum Gasteiger partial charge on any atom is -0.495 e. The zero-order valence-corrected chi connectivity index (χ0v) is 23.5. The van der Waals surface area contributed by atoms with E-state index < -0.39 is 0 Å². The fraction of sp³-hybridized carbons (Fsp3) is 0.346. The number of anilines is 2. The minimum atomic E-state index is -0.337. The number of piperazine rings is 1. The third-order valence-electron chi connectivity index (χ3n) is 6.11. The first-order valence-corrected chi connectivity index (χ1v) is 13.6. The van der Waals surface area contributed by atoms with Crippen LogP contribution >= 0.6 is 34.5 Å². The van der Waals surface area contributed by atoms with Gasteiger partial charge in [-0.3, -0.25) is 4.79 Å². The lowest BCUT2D eigenvalue weighted by atomic mass is 10.2. The zero-order valence-electron chi connectivity index (χ0n) is 21.2. The van der Waals surface area contributed by atoms with Gasteiger partial charge in [0, 0.05) is 50.9 Å². The Morgan fingerprint density at radius 1 is 1.08 bits per heavy atom. The summed E-state index contributed by atoms with van der Waals surface area (Å²) in [6, 6.07) is 12.4. The van der Waals surface area contributed by atoms with Gasteiger partial charge >= 0.3 is 6.03 Å². The van der Waals surface area contributed by atoms with Crippen LogP contribution in [0.5, 0.6) is 5.75 Å². The lowest BCUT2D eigenvalue weighted by molar-refractivity contribution is 0.0741. The molecule has 1 fully saturated rings. The van der Waals surface area contributed by atoms with Crippen LogP contribution in [0.25, 0.3) is 0 Å². The standard InChI is InChI=1S/C26H29Cl2N5O4S/c1-36-14-13-33(26(35)29-18-7-8-19(27)20(28)15-18)16-24-30-21(17-38-24)25(34)32-11-9-31(10-12-32)22-5-3-4-6-23(22)37-2/h3-8,15,17H,9-14,16H2,1-2H3,(H,29,35). The quantitative estimate of drug-likeness (QED) is 0.380. The van der Waals surface area contributed by atoms with Gasteiger partial charge in [-0.2, -0.15) is 0 Å². The van der Waals surface area contributed by atoms with Gasteiger partial charge in [-0.05, 0) is 30.3 Å². The maximum Gasteiger partial charge on any atom is 0.322 e. The summed E-state index contributed by atoms with van der Waals surface area (Å²) in [6.07, 6.45) is 0. The summed E-state index contributed by atoms with van der Waals surface area (Å²) in [4.78, 5) is 36.3. The Balaban J connectivity index is 1.37. The number of hydrogen-bond acceptors (Lipinski definition) is 7. The molecule has 2 aromatic carbocycles. The summed E-state index contributed by atoms with van der Waals surface area (Å²) in [5.41, 5.74) is 1.93. The number of carbonyl (C=O) groups is 2. The van der Waals surface area contributed by atoms with E-state index in [1.165, 1.54) is 11.3 Å². The summed E-state index contributed by atoms with van der Waals surface area (Å²) >= 11 is 13.4. The van der Waals surface area contributed by atoms with Crippen LogP contribution in [0.2, 0.25) is 10.0 Å². The molecule has 0 radical (unpaired) electrons. The zero-order chi connectivity index (χ0) is 27.1. The summed E-state index contributed by atoms with van der Waals surface area (Å²) in [5, 5.41) is 5.97. The lowest BCUT2D eigenvalue weighted by Gasteiger charge is -2.36. The molecule has 9 nitrogen and oxygen atoms in total. The van der Waals surface area contributed by atoms with Crippen LogP contribution in [0.3, 0.4) is 0 Å². The maximum atomic E-state index is 13.2. The summed E-state index contributed by atoms with van der Waals surface area (Å²) in [7, 11) is 3.23. The van der Waals surface area contributed by atoms with Gasteiger partial charge in [0.25, 0.3) is 5.91 Å². The van der Waals surface area contributed by atoms with Gasteiger partial charge in [-0.15, -0.1) is 11.3 Å². The molecule has 0 bridgehead atoms. The van der Waals surface area contributed by atoms with Crippen molar-refractivity contribution in [3.8, 4) is 5.75 Å². The number of hydrogen-bond donors (Lipinski definition) is 1. The van der Waals surface area contributed by atoms with E-state index >= 15 is 0 Å². The second kappa shape index (κ2) is 13.1. The molecule has 0 spiro atoms. The Morgan fingerprint density at radius 3 is 2.55 bits per heavy atom. The largest absolute Gasteiger partial charge is 0.495 e. The molecule has 1 N–H and O–H groups in total. The van der Waals surface area contributed by atoms with Crippen molar-refractivity contribution in [1.82, 2.24) is 14.8 Å². The number of urea groups is 1. The Kier molecular flexibility index (Phi) is 9.68. The van der Waals surface area contributed by atoms with E-state index in [-0.39, 0.29) is 18.5 Å². The number of para-hydroxylation sites is 2. The number of thiazole rings is 1. The first-order valence-electron chi connectivity index (χ1n) is 12.0. The Morgan fingerprint density at radius 2 is 1.84 bits per heavy atom. The molecule has 1 aromatic heterocycles. The van der Waals surface area contributed by atoms with Gasteiger partial charge in [0.15, 0.2) is 0 Å². The molecule has 3 amide bonds. The van der Waals surface area contributed by atoms with Gasteiger partial charge < -0.3 is 29.5 Å². The Bertz CT molecular complexity index is 1270. The SMILES string of the molecule is COCCN(Cc1nc(C(=O)N2CCN(c3ccccc3OC)CC2)cs1)C(=O)Nc1ccc(Cl)c(Cl)c1. The molecule has 2 heterocycles. The molecule has 0 aliphatic carbocycles. The van der Waals surface area contributed by atoms with Crippen molar-refractivity contribution in [1.29, 1.82) is 0 Å². The second-order valence-corrected chi connectivity index (χ2v) is 10.3. The van der Waals surface area contributed by atoms with Gasteiger partial charge in [-0.1, -0.05) is 35.3 Å². The first-order chi connectivity index (χ1) is 18.4. The number of aromatic nitrogens is 1. The monoisotopic (exact) mass is 577 g/mol. The van der Waals surface area contributed by atoms with E-state index in [4.69, 9.17) is 32.7 Å². The molecule has 38 heavy (non-hydrogen) atoms. The number of amides is 3. The van der Waals surface area contributed by atoms with E-state index in [2.05, 4.69) is 15.2 Å². The maximum absolute atomic E-state index is 13.2. The van der Waals surface area contributed by atoms with E-state index in [0.717, 1.165) is 11.4 Å². The van der Waals surface area contributed by atoms with Crippen molar-refractivity contribution in [3.63, 3.8) is 0 Å². The molecular weight excluding hydrogens is 549 g/mol. The molecule has 0 saturated carbocycles. The molecular formula is C26H29Cl2N5O4S. The average Bonchev–Trinajstić information content (AvgIpc) is 3.41. The van der Waals surface area contributed by atoms with E-state index in [0.29, 0.717) is 65.8 Å². The number of rotatable bonds is 9. The summed E-state index contributed by atoms with van der Waals surface area (Å²) in [6.45, 7) is 3.48. The highest BCUT2D eigenvalue weighted by Crippen LogP contribution is 2.29. The molecule has 1 aliphatic heterocycles.